The zero-order valence-corrected chi connectivity index (χ0v) is 22.7. The van der Waals surface area contributed by atoms with Crippen molar-refractivity contribution in [2.45, 2.75) is 33.2 Å². The molecule has 37 heavy (non-hydrogen) atoms. The lowest BCUT2D eigenvalue weighted by Crippen LogP contribution is -2.40. The molecule has 4 aromatic rings. The largest absolute Gasteiger partial charge is 0.288 e. The van der Waals surface area contributed by atoms with Gasteiger partial charge in [-0.25, -0.2) is 4.98 Å². The van der Waals surface area contributed by atoms with Gasteiger partial charge in [0.15, 0.2) is 0 Å². The SMILES string of the molecule is CC(=N)N1C(=N)[C@H](Cc2nnc(C)s2)N=C(c2ccc(Cl)cc2)c2c1sc(C#Cc1ccccn1)c2C. The maximum atomic E-state index is 9.14. The van der Waals surface area contributed by atoms with Crippen molar-refractivity contribution < 1.29 is 0 Å². The molecule has 184 valence electrons. The van der Waals surface area contributed by atoms with Crippen LogP contribution in [0.4, 0.5) is 5.00 Å². The van der Waals surface area contributed by atoms with Gasteiger partial charge in [0.1, 0.15) is 38.4 Å². The van der Waals surface area contributed by atoms with E-state index < -0.39 is 6.04 Å². The Hall–Kier alpha value is -3.71. The van der Waals surface area contributed by atoms with Gasteiger partial charge in [-0.15, -0.1) is 32.9 Å². The molecule has 3 aromatic heterocycles. The van der Waals surface area contributed by atoms with Crippen LogP contribution in [-0.2, 0) is 6.42 Å². The van der Waals surface area contributed by atoms with Gasteiger partial charge in [0, 0.05) is 28.8 Å². The van der Waals surface area contributed by atoms with E-state index in [1.807, 2.05) is 56.3 Å². The summed E-state index contributed by atoms with van der Waals surface area (Å²) >= 11 is 9.15. The molecule has 2 N–H and O–H groups in total. The van der Waals surface area contributed by atoms with Crippen molar-refractivity contribution in [3.05, 3.63) is 91.0 Å². The van der Waals surface area contributed by atoms with Crippen LogP contribution in [0.3, 0.4) is 0 Å². The van der Waals surface area contributed by atoms with Gasteiger partial charge >= 0.3 is 0 Å². The average molecular weight is 544 g/mol. The van der Waals surface area contributed by atoms with Gasteiger partial charge in [0.25, 0.3) is 0 Å². The second kappa shape index (κ2) is 10.3. The van der Waals surface area contributed by atoms with Crippen molar-refractivity contribution in [2.75, 3.05) is 4.90 Å². The standard InChI is InChI=1S/C27H22ClN7S2/c1-15-22(12-11-20-6-4-5-13-31-20)37-27-24(15)25(18-7-9-19(28)10-8-18)32-21(26(30)35(27)16(2)29)14-23-34-33-17(3)36-23/h4-10,13,21,29-30H,14H2,1-3H3/t21-/m0/s1. The molecule has 1 atom stereocenters. The Bertz CT molecular complexity index is 1590. The molecule has 1 aliphatic rings. The van der Waals surface area contributed by atoms with Crippen molar-refractivity contribution in [1.82, 2.24) is 15.2 Å². The molecule has 1 aliphatic heterocycles. The van der Waals surface area contributed by atoms with Gasteiger partial charge in [0.05, 0.1) is 10.6 Å². The third-order valence-corrected chi connectivity index (χ3v) is 8.07. The summed E-state index contributed by atoms with van der Waals surface area (Å²) in [5.74, 6) is 6.86. The summed E-state index contributed by atoms with van der Waals surface area (Å²) in [6.07, 6.45) is 2.14. The summed E-state index contributed by atoms with van der Waals surface area (Å²) in [7, 11) is 0. The van der Waals surface area contributed by atoms with Crippen LogP contribution in [0.2, 0.25) is 5.02 Å². The summed E-state index contributed by atoms with van der Waals surface area (Å²) in [5, 5.41) is 29.2. The Morgan fingerprint density at radius 3 is 2.51 bits per heavy atom. The molecule has 0 aliphatic carbocycles. The number of benzene rings is 1. The number of halogens is 1. The van der Waals surface area contributed by atoms with Gasteiger partial charge in [-0.05, 0) is 62.4 Å². The smallest absolute Gasteiger partial charge is 0.132 e. The van der Waals surface area contributed by atoms with E-state index in [-0.39, 0.29) is 11.7 Å². The Balaban J connectivity index is 1.70. The predicted molar refractivity (Wildman–Crippen MR) is 152 cm³/mol. The molecule has 0 fully saturated rings. The van der Waals surface area contributed by atoms with Crippen LogP contribution in [-0.4, -0.2) is 38.6 Å². The molecule has 0 spiro atoms. The minimum Gasteiger partial charge on any atom is -0.288 e. The number of pyridine rings is 1. The summed E-state index contributed by atoms with van der Waals surface area (Å²) in [6.45, 7) is 5.61. The first-order valence-electron chi connectivity index (χ1n) is 11.4. The van der Waals surface area contributed by atoms with Crippen LogP contribution in [0, 0.1) is 36.5 Å². The zero-order chi connectivity index (χ0) is 26.1. The van der Waals surface area contributed by atoms with E-state index in [1.54, 1.807) is 18.0 Å². The van der Waals surface area contributed by atoms with Crippen molar-refractivity contribution in [3.63, 3.8) is 0 Å². The van der Waals surface area contributed by atoms with Crippen molar-refractivity contribution in [2.24, 2.45) is 4.99 Å². The molecule has 5 rings (SSSR count). The summed E-state index contributed by atoms with van der Waals surface area (Å²) < 4.78 is 0. The highest BCUT2D eigenvalue weighted by Crippen LogP contribution is 2.40. The molecule has 10 heteroatoms. The maximum Gasteiger partial charge on any atom is 0.132 e. The molecule has 0 unspecified atom stereocenters. The first-order chi connectivity index (χ1) is 17.8. The normalized spacial score (nSPS) is 14.9. The Morgan fingerprint density at radius 2 is 1.86 bits per heavy atom. The fourth-order valence-corrected chi connectivity index (χ4v) is 6.14. The zero-order valence-electron chi connectivity index (χ0n) is 20.3. The topological polar surface area (TPSA) is 102 Å². The second-order valence-electron chi connectivity index (χ2n) is 8.43. The fraction of sp³-hybridized carbons (Fsp3) is 0.185. The predicted octanol–water partition coefficient (Wildman–Crippen LogP) is 5.91. The number of aliphatic imine (C=N–C) groups is 1. The minimum atomic E-state index is -0.541. The van der Waals surface area contributed by atoms with Crippen molar-refractivity contribution >= 4 is 56.7 Å². The number of thiophene rings is 1. The van der Waals surface area contributed by atoms with Gasteiger partial charge in [-0.3, -0.25) is 20.7 Å². The lowest BCUT2D eigenvalue weighted by Gasteiger charge is -2.24. The monoisotopic (exact) mass is 543 g/mol. The number of fused-ring (bicyclic) bond motifs is 1. The van der Waals surface area contributed by atoms with Crippen LogP contribution in [0.25, 0.3) is 0 Å². The fourth-order valence-electron chi connectivity index (χ4n) is 4.04. The average Bonchev–Trinajstić information content (AvgIpc) is 3.40. The van der Waals surface area contributed by atoms with Crippen LogP contribution in [0.15, 0.2) is 53.7 Å². The van der Waals surface area contributed by atoms with Crippen molar-refractivity contribution in [3.8, 4) is 11.8 Å². The summed E-state index contributed by atoms with van der Waals surface area (Å²) in [6, 6.07) is 12.6. The van der Waals surface area contributed by atoms with Crippen molar-refractivity contribution in [1.29, 1.82) is 10.8 Å². The highest BCUT2D eigenvalue weighted by Gasteiger charge is 2.34. The van der Waals surface area contributed by atoms with E-state index in [0.29, 0.717) is 17.1 Å². The van der Waals surface area contributed by atoms with Crippen LogP contribution >= 0.6 is 34.3 Å². The van der Waals surface area contributed by atoms with Gasteiger partial charge in [-0.2, -0.15) is 0 Å². The highest BCUT2D eigenvalue weighted by molar-refractivity contribution is 7.17. The lowest BCUT2D eigenvalue weighted by molar-refractivity contribution is 0.813. The molecule has 1 aromatic carbocycles. The Kier molecular flexibility index (Phi) is 6.98. The number of rotatable bonds is 3. The molecule has 4 heterocycles. The van der Waals surface area contributed by atoms with E-state index >= 15 is 0 Å². The third kappa shape index (κ3) is 5.09. The van der Waals surface area contributed by atoms with E-state index in [1.165, 1.54) is 22.7 Å². The number of nitrogens with zero attached hydrogens (tertiary/aromatic N) is 5. The lowest BCUT2D eigenvalue weighted by atomic mass is 9.99. The van der Waals surface area contributed by atoms with E-state index in [0.717, 1.165) is 42.3 Å². The number of hydrogen-bond donors (Lipinski definition) is 2. The first-order valence-corrected chi connectivity index (χ1v) is 13.5. The summed E-state index contributed by atoms with van der Waals surface area (Å²) in [5.41, 5.74) is 4.11. The number of hydrogen-bond acceptors (Lipinski definition) is 8. The van der Waals surface area contributed by atoms with Gasteiger partial charge in [0.2, 0.25) is 0 Å². The van der Waals surface area contributed by atoms with Crippen LogP contribution in [0.1, 0.15) is 44.2 Å². The minimum absolute atomic E-state index is 0.219. The number of aromatic nitrogens is 3. The van der Waals surface area contributed by atoms with Gasteiger partial charge in [-0.1, -0.05) is 29.8 Å². The van der Waals surface area contributed by atoms with E-state index in [2.05, 4.69) is 27.0 Å². The molecule has 0 amide bonds. The van der Waals surface area contributed by atoms with E-state index in [9.17, 15) is 0 Å². The Morgan fingerprint density at radius 1 is 1.08 bits per heavy atom. The molecule has 0 saturated heterocycles. The number of anilines is 1. The highest BCUT2D eigenvalue weighted by atomic mass is 35.5. The molecule has 7 nitrogen and oxygen atoms in total. The number of amidine groups is 2. The molecular formula is C27H22ClN7S2. The number of nitrogens with one attached hydrogen (secondary N) is 2. The summed E-state index contributed by atoms with van der Waals surface area (Å²) in [4.78, 5) is 11.9. The van der Waals surface area contributed by atoms with Crippen LogP contribution in [0.5, 0.6) is 0 Å². The first kappa shape index (κ1) is 25.0. The molecule has 0 bridgehead atoms. The molecule has 0 saturated carbocycles. The van der Waals surface area contributed by atoms with E-state index in [4.69, 9.17) is 27.4 Å². The second-order valence-corrected chi connectivity index (χ2v) is 11.1. The van der Waals surface area contributed by atoms with Crippen LogP contribution < -0.4 is 4.90 Å². The third-order valence-electron chi connectivity index (χ3n) is 5.77. The molecule has 0 radical (unpaired) electrons. The maximum absolute atomic E-state index is 9.14. The van der Waals surface area contributed by atoms with Gasteiger partial charge < -0.3 is 0 Å². The Labute approximate surface area is 227 Å². The number of aryl methyl sites for hydroxylation is 1. The quantitative estimate of drug-likeness (QED) is 0.190. The molecular weight excluding hydrogens is 522 g/mol.